The van der Waals surface area contributed by atoms with Crippen LogP contribution in [0.4, 0.5) is 0 Å². The van der Waals surface area contributed by atoms with Crippen LogP contribution in [0.5, 0.6) is 5.95 Å². The molecule has 0 saturated carbocycles. The van der Waals surface area contributed by atoms with Crippen molar-refractivity contribution in [2.24, 2.45) is 0 Å². The Morgan fingerprint density at radius 2 is 1.55 bits per heavy atom. The fourth-order valence-corrected chi connectivity index (χ4v) is 2.24. The van der Waals surface area contributed by atoms with Gasteiger partial charge >= 0.3 is 11.8 Å². The van der Waals surface area contributed by atoms with Gasteiger partial charge in [0.25, 0.3) is 5.69 Å². The second kappa shape index (κ2) is 5.21. The molecule has 0 radical (unpaired) electrons. The summed E-state index contributed by atoms with van der Waals surface area (Å²) in [5.41, 5.74) is 2.85. The molecule has 0 aliphatic heterocycles. The molecule has 0 saturated heterocycles. The van der Waals surface area contributed by atoms with Crippen molar-refractivity contribution in [1.29, 1.82) is 0 Å². The lowest BCUT2D eigenvalue weighted by Gasteiger charge is -1.99. The van der Waals surface area contributed by atoms with Crippen LogP contribution in [0.15, 0.2) is 65.1 Å². The molecule has 0 aliphatic rings. The molecule has 1 heterocycles. The fourth-order valence-electron chi connectivity index (χ4n) is 2.24. The Kier molecular flexibility index (Phi) is 3.25. The minimum absolute atomic E-state index is 0.0280. The van der Waals surface area contributed by atoms with Crippen LogP contribution in [0, 0.1) is 6.92 Å². The van der Waals surface area contributed by atoms with Gasteiger partial charge in [-0.05, 0) is 12.1 Å². The van der Waals surface area contributed by atoms with Crippen molar-refractivity contribution >= 4 is 0 Å². The smallest absolute Gasteiger partial charge is 0.384 e. The first kappa shape index (κ1) is 12.5. The maximum absolute atomic E-state index is 9.87. The molecule has 0 unspecified atom stereocenters. The summed E-state index contributed by atoms with van der Waals surface area (Å²) in [4.78, 5) is 0. The quantitative estimate of drug-likeness (QED) is 0.738. The van der Waals surface area contributed by atoms with Crippen molar-refractivity contribution in [3.05, 3.63) is 71.9 Å². The standard InChI is InChI=1S/C17H15NO2/c1-13-17(19)20-16(15-10-6-3-7-11-15)18(13)12-14-8-4-2-5-9-14/h2-11H,12H2,1H3/p+1. The van der Waals surface area contributed by atoms with Gasteiger partial charge in [-0.15, -0.1) is 0 Å². The molecule has 1 aromatic heterocycles. The number of aromatic hydroxyl groups is 1. The first-order chi connectivity index (χ1) is 9.75. The van der Waals surface area contributed by atoms with Gasteiger partial charge in [0.1, 0.15) is 0 Å². The largest absolute Gasteiger partial charge is 0.476 e. The van der Waals surface area contributed by atoms with Crippen molar-refractivity contribution < 1.29 is 14.1 Å². The summed E-state index contributed by atoms with van der Waals surface area (Å²) in [6, 6.07) is 19.9. The average molecular weight is 266 g/mol. The molecule has 100 valence electrons. The molecule has 0 spiro atoms. The second-order valence-corrected chi connectivity index (χ2v) is 4.74. The lowest BCUT2D eigenvalue weighted by atomic mass is 10.2. The SMILES string of the molecule is Cc1c(O)oc(-c2ccccc2)[n+]1Cc1ccccc1. The van der Waals surface area contributed by atoms with E-state index >= 15 is 0 Å². The zero-order valence-electron chi connectivity index (χ0n) is 11.3. The van der Waals surface area contributed by atoms with Crippen molar-refractivity contribution in [2.45, 2.75) is 13.5 Å². The van der Waals surface area contributed by atoms with Gasteiger partial charge in [-0.25, -0.2) is 0 Å². The number of oxazole rings is 1. The molecule has 0 atom stereocenters. The van der Waals surface area contributed by atoms with E-state index in [0.717, 1.165) is 11.3 Å². The molecule has 3 heteroatoms. The molecule has 3 aromatic rings. The molecule has 0 fully saturated rings. The lowest BCUT2D eigenvalue weighted by Crippen LogP contribution is -2.37. The predicted molar refractivity (Wildman–Crippen MR) is 76.3 cm³/mol. The molecule has 20 heavy (non-hydrogen) atoms. The van der Waals surface area contributed by atoms with Crippen molar-refractivity contribution in [2.75, 3.05) is 0 Å². The number of hydrogen-bond donors (Lipinski definition) is 1. The molecule has 1 N–H and O–H groups in total. The highest BCUT2D eigenvalue weighted by atomic mass is 16.5. The van der Waals surface area contributed by atoms with Gasteiger partial charge in [-0.1, -0.05) is 48.5 Å². The molecular formula is C17H16NO2+. The zero-order valence-corrected chi connectivity index (χ0v) is 11.3. The number of nitrogens with zero attached hydrogens (tertiary/aromatic N) is 1. The molecule has 0 amide bonds. The Bertz CT molecular complexity index is 703. The number of hydrogen-bond acceptors (Lipinski definition) is 2. The van der Waals surface area contributed by atoms with E-state index in [-0.39, 0.29) is 5.95 Å². The Balaban J connectivity index is 2.06. The van der Waals surface area contributed by atoms with Gasteiger partial charge in [0.2, 0.25) is 0 Å². The zero-order chi connectivity index (χ0) is 13.9. The van der Waals surface area contributed by atoms with E-state index in [4.69, 9.17) is 4.42 Å². The van der Waals surface area contributed by atoms with Crippen LogP contribution in [0.2, 0.25) is 0 Å². The Morgan fingerprint density at radius 1 is 0.950 bits per heavy atom. The minimum Gasteiger partial charge on any atom is -0.476 e. The first-order valence-corrected chi connectivity index (χ1v) is 6.57. The molecule has 2 aromatic carbocycles. The summed E-state index contributed by atoms with van der Waals surface area (Å²) in [5.74, 6) is 0.643. The van der Waals surface area contributed by atoms with Crippen molar-refractivity contribution in [1.82, 2.24) is 0 Å². The normalized spacial score (nSPS) is 10.7. The maximum atomic E-state index is 9.87. The van der Waals surface area contributed by atoms with Crippen LogP contribution in [-0.4, -0.2) is 5.11 Å². The second-order valence-electron chi connectivity index (χ2n) is 4.74. The van der Waals surface area contributed by atoms with Crippen LogP contribution in [-0.2, 0) is 6.54 Å². The molecular weight excluding hydrogens is 250 g/mol. The van der Waals surface area contributed by atoms with E-state index < -0.39 is 0 Å². The Hall–Kier alpha value is -2.55. The topological polar surface area (TPSA) is 37.3 Å². The Morgan fingerprint density at radius 3 is 2.20 bits per heavy atom. The minimum atomic E-state index is -0.0280. The van der Waals surface area contributed by atoms with Crippen LogP contribution in [0.3, 0.4) is 0 Å². The van der Waals surface area contributed by atoms with E-state index in [2.05, 4.69) is 12.1 Å². The highest BCUT2D eigenvalue weighted by Gasteiger charge is 2.26. The van der Waals surface area contributed by atoms with Gasteiger partial charge in [0.05, 0.1) is 5.56 Å². The van der Waals surface area contributed by atoms with E-state index in [1.54, 1.807) is 0 Å². The van der Waals surface area contributed by atoms with Gasteiger partial charge in [-0.3, -0.25) is 0 Å². The highest BCUT2D eigenvalue weighted by molar-refractivity contribution is 5.50. The lowest BCUT2D eigenvalue weighted by molar-refractivity contribution is -0.685. The average Bonchev–Trinajstić information content (AvgIpc) is 2.78. The summed E-state index contributed by atoms with van der Waals surface area (Å²) < 4.78 is 7.51. The van der Waals surface area contributed by atoms with E-state index in [1.165, 1.54) is 5.56 Å². The molecule has 3 rings (SSSR count). The highest BCUT2D eigenvalue weighted by Crippen LogP contribution is 2.24. The number of aromatic nitrogens is 1. The van der Waals surface area contributed by atoms with Crippen LogP contribution in [0.1, 0.15) is 11.3 Å². The predicted octanol–water partition coefficient (Wildman–Crippen LogP) is 3.30. The van der Waals surface area contributed by atoms with Gasteiger partial charge in [0, 0.05) is 12.5 Å². The number of rotatable bonds is 3. The van der Waals surface area contributed by atoms with Crippen molar-refractivity contribution in [3.8, 4) is 17.4 Å². The third kappa shape index (κ3) is 2.30. The van der Waals surface area contributed by atoms with E-state index in [9.17, 15) is 5.11 Å². The molecule has 0 bridgehead atoms. The summed E-state index contributed by atoms with van der Waals surface area (Å²) in [7, 11) is 0. The van der Waals surface area contributed by atoms with Gasteiger partial charge in [-0.2, -0.15) is 4.57 Å². The third-order valence-corrected chi connectivity index (χ3v) is 3.36. The third-order valence-electron chi connectivity index (χ3n) is 3.36. The monoisotopic (exact) mass is 266 g/mol. The number of benzene rings is 2. The molecule has 0 aliphatic carbocycles. The van der Waals surface area contributed by atoms with Crippen molar-refractivity contribution in [3.63, 3.8) is 0 Å². The van der Waals surface area contributed by atoms with E-state index in [0.29, 0.717) is 12.4 Å². The molecule has 3 nitrogen and oxygen atoms in total. The van der Waals surface area contributed by atoms with Crippen LogP contribution in [0.25, 0.3) is 11.5 Å². The summed E-state index contributed by atoms with van der Waals surface area (Å²) in [6.45, 7) is 2.52. The van der Waals surface area contributed by atoms with Gasteiger partial charge < -0.3 is 9.52 Å². The first-order valence-electron chi connectivity index (χ1n) is 6.57. The summed E-state index contributed by atoms with van der Waals surface area (Å²) in [6.07, 6.45) is 0. The summed E-state index contributed by atoms with van der Waals surface area (Å²) in [5, 5.41) is 9.87. The summed E-state index contributed by atoms with van der Waals surface area (Å²) >= 11 is 0. The van der Waals surface area contributed by atoms with Crippen LogP contribution < -0.4 is 4.57 Å². The van der Waals surface area contributed by atoms with E-state index in [1.807, 2.05) is 60.0 Å². The maximum Gasteiger partial charge on any atom is 0.384 e. The Labute approximate surface area is 117 Å². The van der Waals surface area contributed by atoms with Crippen LogP contribution >= 0.6 is 0 Å². The van der Waals surface area contributed by atoms with Gasteiger partial charge in [0.15, 0.2) is 6.54 Å². The fraction of sp³-hybridized carbons (Fsp3) is 0.118.